The van der Waals surface area contributed by atoms with Crippen molar-refractivity contribution in [2.24, 2.45) is 0 Å². The standard InChI is InChI=1S/C10H18BNO/c1-3-6-10-7-4-9(5-8-10)12(10)11(2)13/h4,7,9,13H,3,5-6,8H2,1-2H3. The molecule has 2 nitrogen and oxygen atoms in total. The smallest absolute Gasteiger partial charge is 0.377 e. The van der Waals surface area contributed by atoms with E-state index < -0.39 is 0 Å². The molecule has 0 spiro atoms. The van der Waals surface area contributed by atoms with Gasteiger partial charge in [-0.15, -0.1) is 0 Å². The van der Waals surface area contributed by atoms with E-state index in [-0.39, 0.29) is 12.6 Å². The molecule has 2 heterocycles. The summed E-state index contributed by atoms with van der Waals surface area (Å²) in [6, 6.07) is 0.506. The van der Waals surface area contributed by atoms with Gasteiger partial charge in [0.2, 0.25) is 0 Å². The predicted molar refractivity (Wildman–Crippen MR) is 55.5 cm³/mol. The van der Waals surface area contributed by atoms with Gasteiger partial charge in [-0.2, -0.15) is 0 Å². The zero-order valence-electron chi connectivity index (χ0n) is 8.53. The van der Waals surface area contributed by atoms with Crippen LogP contribution in [0.1, 0.15) is 32.6 Å². The molecule has 1 saturated heterocycles. The Morgan fingerprint density at radius 2 is 2.46 bits per heavy atom. The minimum atomic E-state index is -0.297. The largest absolute Gasteiger partial charge is 0.437 e. The molecule has 3 heteroatoms. The highest BCUT2D eigenvalue weighted by Crippen LogP contribution is 2.44. The zero-order chi connectivity index (χ0) is 9.47. The fourth-order valence-corrected chi connectivity index (χ4v) is 3.06. The Labute approximate surface area is 80.8 Å². The number of hydrogen-bond acceptors (Lipinski definition) is 2. The Hall–Kier alpha value is -0.275. The molecule has 0 aliphatic carbocycles. The maximum Gasteiger partial charge on any atom is 0.377 e. The molecule has 1 fully saturated rings. The molecule has 0 saturated carbocycles. The van der Waals surface area contributed by atoms with Crippen LogP contribution in [0.2, 0.25) is 6.82 Å². The molecular weight excluding hydrogens is 161 g/mol. The quantitative estimate of drug-likeness (QED) is 0.526. The summed E-state index contributed by atoms with van der Waals surface area (Å²) < 4.78 is 0. The third-order valence-corrected chi connectivity index (χ3v) is 3.46. The van der Waals surface area contributed by atoms with Gasteiger partial charge in [0.05, 0.1) is 0 Å². The van der Waals surface area contributed by atoms with Gasteiger partial charge in [-0.3, -0.25) is 0 Å². The van der Waals surface area contributed by atoms with E-state index in [9.17, 15) is 5.02 Å². The van der Waals surface area contributed by atoms with Crippen LogP contribution in [0.15, 0.2) is 12.2 Å². The summed E-state index contributed by atoms with van der Waals surface area (Å²) in [5.41, 5.74) is 0.202. The normalized spacial score (nSPS) is 37.3. The fraction of sp³-hybridized carbons (Fsp3) is 0.800. The Kier molecular flexibility index (Phi) is 2.24. The van der Waals surface area contributed by atoms with E-state index in [0.29, 0.717) is 6.04 Å². The lowest BCUT2D eigenvalue weighted by Crippen LogP contribution is -2.49. The summed E-state index contributed by atoms with van der Waals surface area (Å²) in [6.45, 7) is 4.10. The van der Waals surface area contributed by atoms with Crippen LogP contribution in [0.4, 0.5) is 0 Å². The molecule has 0 aromatic heterocycles. The van der Waals surface area contributed by atoms with E-state index >= 15 is 0 Å². The molecule has 13 heavy (non-hydrogen) atoms. The van der Waals surface area contributed by atoms with E-state index in [1.807, 2.05) is 6.82 Å². The maximum atomic E-state index is 9.71. The monoisotopic (exact) mass is 179 g/mol. The SMILES string of the molecule is CCCC12C=CC(CC1)N2B(C)O. The van der Waals surface area contributed by atoms with Gasteiger partial charge >= 0.3 is 7.05 Å². The molecule has 0 aromatic carbocycles. The highest BCUT2D eigenvalue weighted by molar-refractivity contribution is 6.46. The van der Waals surface area contributed by atoms with Gasteiger partial charge in [-0.1, -0.05) is 25.5 Å². The van der Waals surface area contributed by atoms with Gasteiger partial charge in [0.1, 0.15) is 0 Å². The van der Waals surface area contributed by atoms with Crippen LogP contribution in [0, 0.1) is 0 Å². The second-order valence-electron chi connectivity index (χ2n) is 4.36. The Balaban J connectivity index is 2.20. The molecule has 0 aromatic rings. The van der Waals surface area contributed by atoms with E-state index in [2.05, 4.69) is 23.9 Å². The van der Waals surface area contributed by atoms with E-state index in [1.54, 1.807) is 0 Å². The lowest BCUT2D eigenvalue weighted by atomic mass is 9.78. The Bertz CT molecular complexity index is 229. The van der Waals surface area contributed by atoms with Gasteiger partial charge < -0.3 is 9.83 Å². The van der Waals surface area contributed by atoms with Crippen LogP contribution >= 0.6 is 0 Å². The third kappa shape index (κ3) is 1.25. The van der Waals surface area contributed by atoms with Crippen molar-refractivity contribution in [2.45, 2.75) is 51.0 Å². The number of nitrogens with zero attached hydrogens (tertiary/aromatic N) is 1. The molecule has 2 rings (SSSR count). The number of fused-ring (bicyclic) bond motifs is 2. The fourth-order valence-electron chi connectivity index (χ4n) is 3.06. The average molecular weight is 179 g/mol. The van der Waals surface area contributed by atoms with Crippen molar-refractivity contribution in [3.63, 3.8) is 0 Å². The van der Waals surface area contributed by atoms with Crippen LogP contribution in [-0.4, -0.2) is 28.5 Å². The van der Waals surface area contributed by atoms with Crippen molar-refractivity contribution in [1.29, 1.82) is 0 Å². The molecule has 2 aliphatic rings. The van der Waals surface area contributed by atoms with E-state index in [0.717, 1.165) is 0 Å². The molecule has 2 bridgehead atoms. The van der Waals surface area contributed by atoms with Crippen molar-refractivity contribution in [3.05, 3.63) is 12.2 Å². The lowest BCUT2D eigenvalue weighted by molar-refractivity contribution is 0.249. The minimum Gasteiger partial charge on any atom is -0.437 e. The molecule has 1 N–H and O–H groups in total. The van der Waals surface area contributed by atoms with Gasteiger partial charge in [-0.05, 0) is 26.1 Å². The van der Waals surface area contributed by atoms with Crippen molar-refractivity contribution < 1.29 is 5.02 Å². The van der Waals surface area contributed by atoms with Gasteiger partial charge in [0.25, 0.3) is 0 Å². The highest BCUT2D eigenvalue weighted by Gasteiger charge is 2.49. The van der Waals surface area contributed by atoms with Gasteiger partial charge in [0.15, 0.2) is 0 Å². The summed E-state index contributed by atoms with van der Waals surface area (Å²) in [7, 11) is -0.297. The van der Waals surface area contributed by atoms with Crippen molar-refractivity contribution in [2.75, 3.05) is 0 Å². The van der Waals surface area contributed by atoms with E-state index in [1.165, 1.54) is 25.7 Å². The van der Waals surface area contributed by atoms with Gasteiger partial charge in [-0.25, -0.2) is 0 Å². The molecule has 2 atom stereocenters. The molecular formula is C10H18BNO. The first-order chi connectivity index (χ1) is 6.19. The van der Waals surface area contributed by atoms with Crippen LogP contribution < -0.4 is 0 Å². The zero-order valence-corrected chi connectivity index (χ0v) is 8.53. The molecule has 2 unspecified atom stereocenters. The number of hydrogen-bond donors (Lipinski definition) is 1. The predicted octanol–water partition coefficient (Wildman–Crippen LogP) is 1.67. The topological polar surface area (TPSA) is 23.5 Å². The average Bonchev–Trinajstić information content (AvgIpc) is 2.58. The molecule has 2 aliphatic heterocycles. The van der Waals surface area contributed by atoms with Crippen molar-refractivity contribution in [3.8, 4) is 0 Å². The maximum absolute atomic E-state index is 9.71. The summed E-state index contributed by atoms with van der Waals surface area (Å²) in [6.07, 6.45) is 9.42. The third-order valence-electron chi connectivity index (χ3n) is 3.46. The second-order valence-corrected chi connectivity index (χ2v) is 4.36. The Morgan fingerprint density at radius 1 is 1.69 bits per heavy atom. The van der Waals surface area contributed by atoms with Gasteiger partial charge in [0, 0.05) is 11.6 Å². The minimum absolute atomic E-state index is 0.202. The first-order valence-electron chi connectivity index (χ1n) is 5.35. The Morgan fingerprint density at radius 3 is 2.92 bits per heavy atom. The molecule has 0 amide bonds. The first kappa shape index (κ1) is 9.29. The van der Waals surface area contributed by atoms with Crippen molar-refractivity contribution >= 4 is 7.05 Å². The highest BCUT2D eigenvalue weighted by atomic mass is 16.2. The summed E-state index contributed by atoms with van der Waals surface area (Å²) in [5.74, 6) is 0. The van der Waals surface area contributed by atoms with E-state index in [4.69, 9.17) is 0 Å². The van der Waals surface area contributed by atoms with Crippen LogP contribution in [0.3, 0.4) is 0 Å². The second kappa shape index (κ2) is 3.14. The summed E-state index contributed by atoms with van der Waals surface area (Å²) >= 11 is 0. The lowest BCUT2D eigenvalue weighted by Gasteiger charge is -2.35. The van der Waals surface area contributed by atoms with Crippen LogP contribution in [0.5, 0.6) is 0 Å². The van der Waals surface area contributed by atoms with Crippen LogP contribution in [0.25, 0.3) is 0 Å². The number of rotatable bonds is 3. The van der Waals surface area contributed by atoms with Crippen molar-refractivity contribution in [1.82, 2.24) is 4.81 Å². The molecule has 0 radical (unpaired) electrons. The summed E-state index contributed by atoms with van der Waals surface area (Å²) in [5, 5.41) is 9.71. The summed E-state index contributed by atoms with van der Waals surface area (Å²) in [4.78, 5) is 2.27. The first-order valence-corrected chi connectivity index (χ1v) is 5.35. The van der Waals surface area contributed by atoms with Crippen LogP contribution in [-0.2, 0) is 0 Å². The molecule has 72 valence electrons.